The molecule has 176 valence electrons. The number of primary sulfonamides is 1. The first-order valence-corrected chi connectivity index (χ1v) is 12.2. The number of nitrogens with one attached hydrogen (secondary N) is 1. The van der Waals surface area contributed by atoms with Crippen LogP contribution in [0.2, 0.25) is 0 Å². The van der Waals surface area contributed by atoms with E-state index in [2.05, 4.69) is 20.4 Å². The molecule has 0 aliphatic heterocycles. The second-order valence-electron chi connectivity index (χ2n) is 8.52. The van der Waals surface area contributed by atoms with E-state index in [0.29, 0.717) is 35.3 Å². The molecule has 12 heteroatoms. The van der Waals surface area contributed by atoms with Crippen LogP contribution >= 0.6 is 0 Å². The van der Waals surface area contributed by atoms with Gasteiger partial charge in [-0.1, -0.05) is 6.07 Å². The molecule has 1 aromatic carbocycles. The first kappa shape index (κ1) is 22.9. The predicted octanol–water partition coefficient (Wildman–Crippen LogP) is 2.69. The molecular weight excluding hydrogens is 446 g/mol. The highest BCUT2D eigenvalue weighted by Crippen LogP contribution is 2.29. The first-order chi connectivity index (χ1) is 15.6. The van der Waals surface area contributed by atoms with Crippen molar-refractivity contribution in [3.8, 4) is 0 Å². The van der Waals surface area contributed by atoms with Crippen LogP contribution in [0.3, 0.4) is 0 Å². The van der Waals surface area contributed by atoms with Crippen molar-refractivity contribution in [2.45, 2.75) is 50.1 Å². The topological polar surface area (TPSA) is 156 Å². The lowest BCUT2D eigenvalue weighted by molar-refractivity contribution is 0.116. The minimum atomic E-state index is -3.84. The van der Waals surface area contributed by atoms with Crippen molar-refractivity contribution < 1.29 is 18.3 Å². The Kier molecular flexibility index (Phi) is 6.21. The molecular formula is C21H27N7O4S. The van der Waals surface area contributed by atoms with Crippen LogP contribution in [0.4, 0.5) is 16.4 Å². The summed E-state index contributed by atoms with van der Waals surface area (Å²) in [6.45, 7) is 2.36. The molecule has 2 aromatic heterocycles. The van der Waals surface area contributed by atoms with E-state index >= 15 is 0 Å². The zero-order chi connectivity index (χ0) is 23.8. The van der Waals surface area contributed by atoms with Crippen LogP contribution in [-0.2, 0) is 16.6 Å². The lowest BCUT2D eigenvalue weighted by Crippen LogP contribution is -2.39. The number of aromatic nitrogens is 4. The lowest BCUT2D eigenvalue weighted by atomic mass is 9.85. The Morgan fingerprint density at radius 2 is 2.00 bits per heavy atom. The summed E-state index contributed by atoms with van der Waals surface area (Å²) in [5.41, 5.74) is 1.74. The monoisotopic (exact) mass is 473 g/mol. The normalized spacial score (nSPS) is 18.9. The minimum Gasteiger partial charge on any atom is -0.465 e. The zero-order valence-corrected chi connectivity index (χ0v) is 19.3. The number of fused-ring (bicyclic) bond motifs is 1. The Morgan fingerprint density at radius 3 is 2.67 bits per heavy atom. The average Bonchev–Trinajstić information content (AvgIpc) is 3.16. The molecule has 0 atom stereocenters. The number of carboxylic acid groups (broad SMARTS) is 1. The molecule has 11 nitrogen and oxygen atoms in total. The van der Waals surface area contributed by atoms with Gasteiger partial charge in [0.1, 0.15) is 0 Å². The Hall–Kier alpha value is -3.25. The molecule has 2 heterocycles. The second-order valence-corrected chi connectivity index (χ2v) is 10.0. The summed E-state index contributed by atoms with van der Waals surface area (Å²) in [6.07, 6.45) is 5.98. The van der Waals surface area contributed by atoms with Gasteiger partial charge < -0.3 is 15.3 Å². The van der Waals surface area contributed by atoms with Crippen LogP contribution in [0.5, 0.6) is 0 Å². The van der Waals surface area contributed by atoms with Gasteiger partial charge in [-0.3, -0.25) is 0 Å². The van der Waals surface area contributed by atoms with Crippen LogP contribution in [0.15, 0.2) is 35.5 Å². The summed E-state index contributed by atoms with van der Waals surface area (Å²) in [4.78, 5) is 21.5. The number of rotatable bonds is 6. The fraction of sp³-hybridized carbons (Fsp3) is 0.429. The Bertz CT molecular complexity index is 1280. The van der Waals surface area contributed by atoms with Crippen molar-refractivity contribution in [3.63, 3.8) is 0 Å². The maximum Gasteiger partial charge on any atom is 0.407 e. The predicted molar refractivity (Wildman–Crippen MR) is 123 cm³/mol. The Balaban J connectivity index is 1.49. The highest BCUT2D eigenvalue weighted by atomic mass is 32.2. The molecule has 0 unspecified atom stereocenters. The van der Waals surface area contributed by atoms with E-state index in [1.807, 2.05) is 4.68 Å². The summed E-state index contributed by atoms with van der Waals surface area (Å²) in [5, 5.41) is 22.8. The fourth-order valence-electron chi connectivity index (χ4n) is 4.29. The van der Waals surface area contributed by atoms with Crippen molar-refractivity contribution in [1.82, 2.24) is 24.6 Å². The summed E-state index contributed by atoms with van der Waals surface area (Å²) in [6, 6.07) is 4.93. The van der Waals surface area contributed by atoms with Crippen molar-refractivity contribution in [2.24, 2.45) is 11.1 Å². The number of amides is 1. The zero-order valence-electron chi connectivity index (χ0n) is 18.5. The highest BCUT2D eigenvalue weighted by molar-refractivity contribution is 7.89. The molecule has 1 fully saturated rings. The average molecular weight is 474 g/mol. The van der Waals surface area contributed by atoms with Gasteiger partial charge in [0.25, 0.3) is 0 Å². The Labute approximate surface area is 191 Å². The van der Waals surface area contributed by atoms with E-state index < -0.39 is 16.1 Å². The molecule has 1 aliphatic rings. The lowest BCUT2D eigenvalue weighted by Gasteiger charge is -2.33. The van der Waals surface area contributed by atoms with Crippen molar-refractivity contribution >= 4 is 38.8 Å². The molecule has 0 radical (unpaired) electrons. The number of sulfonamides is 1. The second kappa shape index (κ2) is 8.94. The number of aryl methyl sites for hydroxylation is 1. The SMILES string of the molecule is Cc1ccc(Nc2ncc3cnn(CC4CCC(N(C)C(=O)O)CC4)c3n2)cc1S(N)(=O)=O. The van der Waals surface area contributed by atoms with E-state index in [4.69, 9.17) is 5.14 Å². The number of hydrogen-bond acceptors (Lipinski definition) is 7. The summed E-state index contributed by atoms with van der Waals surface area (Å²) in [7, 11) is -2.22. The molecule has 3 aromatic rings. The third-order valence-electron chi connectivity index (χ3n) is 6.22. The van der Waals surface area contributed by atoms with E-state index in [9.17, 15) is 18.3 Å². The standard InChI is InChI=1S/C21H27N7O4S/c1-13-3-6-16(9-18(13)33(22,31)32)25-20-23-10-15-11-24-28(19(15)26-20)12-14-4-7-17(8-5-14)27(2)21(29)30/h3,6,9-11,14,17H,4-5,7-8,12H2,1-2H3,(H,29,30)(H2,22,31,32)(H,23,25,26). The number of carbonyl (C=O) groups is 1. The van der Waals surface area contributed by atoms with Crippen molar-refractivity contribution in [3.05, 3.63) is 36.2 Å². The van der Waals surface area contributed by atoms with Gasteiger partial charge in [-0.15, -0.1) is 0 Å². The molecule has 33 heavy (non-hydrogen) atoms. The summed E-state index contributed by atoms with van der Waals surface area (Å²) < 4.78 is 25.4. The molecule has 0 bridgehead atoms. The van der Waals surface area contributed by atoms with Crippen molar-refractivity contribution in [2.75, 3.05) is 12.4 Å². The molecule has 0 spiro atoms. The molecule has 4 rings (SSSR count). The number of nitrogens with two attached hydrogens (primary N) is 1. The quantitative estimate of drug-likeness (QED) is 0.493. The molecule has 4 N–H and O–H groups in total. The van der Waals surface area contributed by atoms with Crippen LogP contribution in [0.25, 0.3) is 11.0 Å². The number of anilines is 2. The van der Waals surface area contributed by atoms with Crippen LogP contribution in [0.1, 0.15) is 31.2 Å². The van der Waals surface area contributed by atoms with Gasteiger partial charge in [0, 0.05) is 31.5 Å². The van der Waals surface area contributed by atoms with Gasteiger partial charge >= 0.3 is 6.09 Å². The van der Waals surface area contributed by atoms with E-state index in [-0.39, 0.29) is 10.9 Å². The van der Waals surface area contributed by atoms with Crippen LogP contribution in [0, 0.1) is 12.8 Å². The smallest absolute Gasteiger partial charge is 0.407 e. The maximum absolute atomic E-state index is 11.8. The molecule has 1 saturated carbocycles. The number of benzene rings is 1. The summed E-state index contributed by atoms with van der Waals surface area (Å²) in [5.74, 6) is 0.701. The van der Waals surface area contributed by atoms with Gasteiger partial charge in [-0.05, 0) is 56.2 Å². The number of nitrogens with zero attached hydrogens (tertiary/aromatic N) is 5. The van der Waals surface area contributed by atoms with Crippen LogP contribution < -0.4 is 10.5 Å². The van der Waals surface area contributed by atoms with Gasteiger partial charge in [0.15, 0.2) is 5.65 Å². The van der Waals surface area contributed by atoms with Gasteiger partial charge in [-0.25, -0.2) is 28.0 Å². The van der Waals surface area contributed by atoms with Gasteiger partial charge in [0.2, 0.25) is 16.0 Å². The largest absolute Gasteiger partial charge is 0.465 e. The van der Waals surface area contributed by atoms with Crippen molar-refractivity contribution in [1.29, 1.82) is 0 Å². The fourth-order valence-corrected chi connectivity index (χ4v) is 5.10. The van der Waals surface area contributed by atoms with Gasteiger partial charge in [0.05, 0.1) is 16.5 Å². The van der Waals surface area contributed by atoms with Crippen LogP contribution in [-0.4, -0.2) is 57.4 Å². The highest BCUT2D eigenvalue weighted by Gasteiger charge is 2.27. The Morgan fingerprint density at radius 1 is 1.27 bits per heavy atom. The summed E-state index contributed by atoms with van der Waals surface area (Å²) >= 11 is 0. The van der Waals surface area contributed by atoms with E-state index in [0.717, 1.165) is 31.1 Å². The number of hydrogen-bond donors (Lipinski definition) is 3. The van der Waals surface area contributed by atoms with Gasteiger partial charge in [-0.2, -0.15) is 10.1 Å². The minimum absolute atomic E-state index is 0.0442. The molecule has 0 saturated heterocycles. The third-order valence-corrected chi connectivity index (χ3v) is 7.28. The first-order valence-electron chi connectivity index (χ1n) is 10.7. The van der Waals surface area contributed by atoms with E-state index in [1.54, 1.807) is 38.5 Å². The molecule has 1 aliphatic carbocycles. The molecule has 1 amide bonds. The third kappa shape index (κ3) is 5.06. The maximum atomic E-state index is 11.8. The van der Waals surface area contributed by atoms with E-state index in [1.165, 1.54) is 11.0 Å².